The van der Waals surface area contributed by atoms with Gasteiger partial charge in [-0.15, -0.1) is 11.6 Å². The molecule has 0 bridgehead atoms. The Balaban J connectivity index is 1.88. The second-order valence-corrected chi connectivity index (χ2v) is 6.54. The van der Waals surface area contributed by atoms with Crippen molar-refractivity contribution in [2.75, 3.05) is 31.1 Å². The van der Waals surface area contributed by atoms with Crippen LogP contribution in [0.25, 0.3) is 11.0 Å². The number of rotatable bonds is 4. The SMILES string of the molecule is N#Cc1cccc2c1nc(CCl)n2CCN1CCSCC1. The number of imidazole rings is 1. The molecule has 0 spiro atoms. The summed E-state index contributed by atoms with van der Waals surface area (Å²) in [5.41, 5.74) is 2.40. The van der Waals surface area contributed by atoms with Gasteiger partial charge in [0.2, 0.25) is 0 Å². The third-order valence-corrected chi connectivity index (χ3v) is 5.02. The number of thioether (sulfide) groups is 1. The second kappa shape index (κ2) is 6.69. The molecular formula is C15H17ClN4S. The summed E-state index contributed by atoms with van der Waals surface area (Å²) in [6.45, 7) is 4.18. The molecule has 1 aliphatic rings. The summed E-state index contributed by atoms with van der Waals surface area (Å²) >= 11 is 8.06. The summed E-state index contributed by atoms with van der Waals surface area (Å²) in [7, 11) is 0. The lowest BCUT2D eigenvalue weighted by molar-refractivity contribution is 0.290. The Bertz CT molecular complexity index is 670. The Morgan fingerprint density at radius 2 is 2.10 bits per heavy atom. The molecule has 21 heavy (non-hydrogen) atoms. The zero-order chi connectivity index (χ0) is 14.7. The third-order valence-electron chi connectivity index (χ3n) is 3.84. The van der Waals surface area contributed by atoms with Crippen LogP contribution in [0.5, 0.6) is 0 Å². The van der Waals surface area contributed by atoms with Crippen molar-refractivity contribution in [2.24, 2.45) is 0 Å². The molecule has 6 heteroatoms. The highest BCUT2D eigenvalue weighted by atomic mass is 35.5. The summed E-state index contributed by atoms with van der Waals surface area (Å²) in [5, 5.41) is 9.20. The largest absolute Gasteiger partial charge is 0.326 e. The molecule has 0 unspecified atom stereocenters. The van der Waals surface area contributed by atoms with E-state index < -0.39 is 0 Å². The van der Waals surface area contributed by atoms with Crippen LogP contribution in [-0.4, -0.2) is 45.6 Å². The lowest BCUT2D eigenvalue weighted by Gasteiger charge is -2.26. The van der Waals surface area contributed by atoms with E-state index in [2.05, 4.69) is 20.5 Å². The number of para-hydroxylation sites is 1. The summed E-state index contributed by atoms with van der Waals surface area (Å²) in [4.78, 5) is 7.03. The fourth-order valence-electron chi connectivity index (χ4n) is 2.70. The Kier molecular flexibility index (Phi) is 4.69. The van der Waals surface area contributed by atoms with Crippen molar-refractivity contribution in [1.29, 1.82) is 5.26 Å². The van der Waals surface area contributed by atoms with Crippen molar-refractivity contribution >= 4 is 34.4 Å². The lowest BCUT2D eigenvalue weighted by Crippen LogP contribution is -2.35. The maximum absolute atomic E-state index is 9.20. The minimum atomic E-state index is 0.370. The molecule has 1 saturated heterocycles. The number of aromatic nitrogens is 2. The second-order valence-electron chi connectivity index (χ2n) is 5.05. The Morgan fingerprint density at radius 1 is 1.29 bits per heavy atom. The summed E-state index contributed by atoms with van der Waals surface area (Å²) in [6, 6.07) is 7.94. The molecular weight excluding hydrogens is 304 g/mol. The molecule has 0 amide bonds. The summed E-state index contributed by atoms with van der Waals surface area (Å²) in [6.07, 6.45) is 0. The van der Waals surface area contributed by atoms with Crippen LogP contribution in [0.15, 0.2) is 18.2 Å². The first-order chi connectivity index (χ1) is 10.3. The van der Waals surface area contributed by atoms with E-state index in [0.29, 0.717) is 11.4 Å². The molecule has 0 N–H and O–H groups in total. The molecule has 1 aromatic heterocycles. The number of alkyl halides is 1. The number of halogens is 1. The van der Waals surface area contributed by atoms with Crippen molar-refractivity contribution < 1.29 is 0 Å². The predicted molar refractivity (Wildman–Crippen MR) is 87.8 cm³/mol. The van der Waals surface area contributed by atoms with Crippen molar-refractivity contribution in [2.45, 2.75) is 12.4 Å². The van der Waals surface area contributed by atoms with Gasteiger partial charge in [0.15, 0.2) is 0 Å². The first-order valence-corrected chi connectivity index (χ1v) is 8.76. The highest BCUT2D eigenvalue weighted by Crippen LogP contribution is 2.21. The third kappa shape index (κ3) is 3.03. The highest BCUT2D eigenvalue weighted by molar-refractivity contribution is 7.99. The van der Waals surface area contributed by atoms with E-state index in [0.717, 1.165) is 43.0 Å². The Morgan fingerprint density at radius 3 is 2.81 bits per heavy atom. The molecule has 0 radical (unpaired) electrons. The van der Waals surface area contributed by atoms with Gasteiger partial charge in [0.25, 0.3) is 0 Å². The number of benzene rings is 1. The number of nitriles is 1. The average Bonchev–Trinajstić information content (AvgIpc) is 2.91. The molecule has 4 nitrogen and oxygen atoms in total. The fraction of sp³-hybridized carbons (Fsp3) is 0.467. The summed E-state index contributed by atoms with van der Waals surface area (Å²) < 4.78 is 2.16. The topological polar surface area (TPSA) is 44.9 Å². The predicted octanol–water partition coefficient (Wildman–Crippen LogP) is 2.70. The molecule has 2 heterocycles. The maximum Gasteiger partial charge on any atom is 0.124 e. The Labute approximate surface area is 133 Å². The van der Waals surface area contributed by atoms with Crippen molar-refractivity contribution in [3.8, 4) is 6.07 Å². The van der Waals surface area contributed by atoms with Crippen LogP contribution in [0, 0.1) is 11.3 Å². The van der Waals surface area contributed by atoms with E-state index in [1.54, 1.807) is 6.07 Å². The van der Waals surface area contributed by atoms with Crippen LogP contribution in [-0.2, 0) is 12.4 Å². The molecule has 0 atom stereocenters. The van der Waals surface area contributed by atoms with Gasteiger partial charge in [-0.3, -0.25) is 4.90 Å². The van der Waals surface area contributed by atoms with Gasteiger partial charge in [0, 0.05) is 37.7 Å². The highest BCUT2D eigenvalue weighted by Gasteiger charge is 2.15. The van der Waals surface area contributed by atoms with Crippen LogP contribution in [0.3, 0.4) is 0 Å². The van der Waals surface area contributed by atoms with Gasteiger partial charge in [-0.05, 0) is 12.1 Å². The quantitative estimate of drug-likeness (QED) is 0.813. The van der Waals surface area contributed by atoms with Crippen LogP contribution < -0.4 is 0 Å². The number of hydrogen-bond acceptors (Lipinski definition) is 4. The molecule has 0 saturated carbocycles. The molecule has 1 aromatic carbocycles. The minimum absolute atomic E-state index is 0.370. The summed E-state index contributed by atoms with van der Waals surface area (Å²) in [5.74, 6) is 3.65. The number of fused-ring (bicyclic) bond motifs is 1. The molecule has 1 aliphatic heterocycles. The zero-order valence-electron chi connectivity index (χ0n) is 11.8. The van der Waals surface area contributed by atoms with Gasteiger partial charge in [0.05, 0.1) is 17.0 Å². The van der Waals surface area contributed by atoms with Gasteiger partial charge >= 0.3 is 0 Å². The number of nitrogens with zero attached hydrogens (tertiary/aromatic N) is 4. The fourth-order valence-corrected chi connectivity index (χ4v) is 3.89. The minimum Gasteiger partial charge on any atom is -0.326 e. The maximum atomic E-state index is 9.20. The average molecular weight is 321 g/mol. The zero-order valence-corrected chi connectivity index (χ0v) is 13.3. The monoisotopic (exact) mass is 320 g/mol. The van der Waals surface area contributed by atoms with Gasteiger partial charge in [-0.25, -0.2) is 4.98 Å². The van der Waals surface area contributed by atoms with Crippen LogP contribution in [0.1, 0.15) is 11.4 Å². The van der Waals surface area contributed by atoms with Crippen LogP contribution in [0.2, 0.25) is 0 Å². The molecule has 3 rings (SSSR count). The van der Waals surface area contributed by atoms with Crippen LogP contribution >= 0.6 is 23.4 Å². The molecule has 110 valence electrons. The van der Waals surface area contributed by atoms with E-state index in [1.165, 1.54) is 11.5 Å². The Hall–Kier alpha value is -1.22. The lowest BCUT2D eigenvalue weighted by atomic mass is 10.2. The van der Waals surface area contributed by atoms with E-state index >= 15 is 0 Å². The van der Waals surface area contributed by atoms with E-state index in [4.69, 9.17) is 11.6 Å². The van der Waals surface area contributed by atoms with E-state index in [-0.39, 0.29) is 0 Å². The van der Waals surface area contributed by atoms with Crippen molar-refractivity contribution in [3.63, 3.8) is 0 Å². The normalized spacial score (nSPS) is 16.2. The number of hydrogen-bond donors (Lipinski definition) is 0. The van der Waals surface area contributed by atoms with Crippen molar-refractivity contribution in [1.82, 2.24) is 14.5 Å². The first-order valence-electron chi connectivity index (χ1n) is 7.08. The smallest absolute Gasteiger partial charge is 0.124 e. The molecule has 2 aromatic rings. The van der Waals surface area contributed by atoms with Gasteiger partial charge in [0.1, 0.15) is 17.4 Å². The van der Waals surface area contributed by atoms with E-state index in [9.17, 15) is 5.26 Å². The standard InChI is InChI=1S/C15H17ClN4S/c16-10-14-18-15-12(11-17)2-1-3-13(15)20(14)5-4-19-6-8-21-9-7-19/h1-3H,4-10H2. The van der Waals surface area contributed by atoms with Crippen LogP contribution in [0.4, 0.5) is 0 Å². The van der Waals surface area contributed by atoms with Gasteiger partial charge in [-0.2, -0.15) is 17.0 Å². The molecule has 1 fully saturated rings. The van der Waals surface area contributed by atoms with Gasteiger partial charge in [-0.1, -0.05) is 6.07 Å². The van der Waals surface area contributed by atoms with Crippen molar-refractivity contribution in [3.05, 3.63) is 29.6 Å². The van der Waals surface area contributed by atoms with E-state index in [1.807, 2.05) is 23.9 Å². The van der Waals surface area contributed by atoms with Gasteiger partial charge < -0.3 is 4.57 Å². The first kappa shape index (κ1) is 14.7. The molecule has 0 aliphatic carbocycles.